The van der Waals surface area contributed by atoms with Crippen molar-refractivity contribution in [2.75, 3.05) is 32.1 Å². The lowest BCUT2D eigenvalue weighted by Gasteiger charge is -2.21. The van der Waals surface area contributed by atoms with Crippen LogP contribution in [0.4, 0.5) is 13.9 Å². The smallest absolute Gasteiger partial charge is 0.265 e. The van der Waals surface area contributed by atoms with E-state index in [1.54, 1.807) is 31.2 Å². The summed E-state index contributed by atoms with van der Waals surface area (Å²) >= 11 is 7.40. The number of hydrogen-bond acceptors (Lipinski definition) is 6. The Kier molecular flexibility index (Phi) is 6.73. The van der Waals surface area contributed by atoms with Crippen LogP contribution in [0.15, 0.2) is 40.9 Å². The van der Waals surface area contributed by atoms with Crippen LogP contribution < -0.4 is 4.90 Å². The number of carbonyl (C=O) groups is 1. The van der Waals surface area contributed by atoms with Gasteiger partial charge >= 0.3 is 0 Å². The summed E-state index contributed by atoms with van der Waals surface area (Å²) in [5, 5.41) is 4.77. The molecule has 0 unspecified atom stereocenters. The molecular weight excluding hydrogens is 470 g/mol. The molecule has 1 amide bonds. The normalized spacial score (nSPS) is 11.5. The molecule has 172 valence electrons. The van der Waals surface area contributed by atoms with Crippen molar-refractivity contribution in [2.24, 2.45) is 0 Å². The fraction of sp³-hybridized carbons (Fsp3) is 0.261. The predicted molar refractivity (Wildman–Crippen MR) is 126 cm³/mol. The van der Waals surface area contributed by atoms with Gasteiger partial charge < -0.3 is 9.42 Å². The van der Waals surface area contributed by atoms with Crippen LogP contribution in [0.25, 0.3) is 21.5 Å². The number of carbonyl (C=O) groups excluding carboxylic acids is 1. The van der Waals surface area contributed by atoms with Gasteiger partial charge in [0.2, 0.25) is 0 Å². The van der Waals surface area contributed by atoms with Crippen LogP contribution in [-0.2, 0) is 0 Å². The number of nitrogens with zero attached hydrogens (tertiary/aromatic N) is 4. The summed E-state index contributed by atoms with van der Waals surface area (Å²) in [6, 6.07) is 9.02. The average molecular weight is 491 g/mol. The third-order valence-electron chi connectivity index (χ3n) is 5.07. The van der Waals surface area contributed by atoms with E-state index >= 15 is 0 Å². The van der Waals surface area contributed by atoms with Crippen LogP contribution in [0, 0.1) is 18.6 Å². The number of halogens is 3. The Labute approximate surface area is 198 Å². The van der Waals surface area contributed by atoms with E-state index in [1.165, 1.54) is 11.0 Å². The van der Waals surface area contributed by atoms with E-state index in [9.17, 15) is 13.6 Å². The SMILES string of the molecule is Cc1onc(-c2ccccc2Cl)c1C(=O)N(CCCN(C)C)c1nc2c(F)cc(F)cc2s1. The van der Waals surface area contributed by atoms with Crippen molar-refractivity contribution < 1.29 is 18.1 Å². The number of fused-ring (bicyclic) bond motifs is 1. The van der Waals surface area contributed by atoms with E-state index in [0.29, 0.717) is 39.7 Å². The minimum absolute atomic E-state index is 0.0233. The molecule has 0 atom stereocenters. The molecule has 0 N–H and O–H groups in total. The third-order valence-corrected chi connectivity index (χ3v) is 6.43. The molecule has 0 aliphatic carbocycles. The van der Waals surface area contributed by atoms with Crippen LogP contribution in [0.5, 0.6) is 0 Å². The zero-order valence-corrected chi connectivity index (χ0v) is 19.8. The molecule has 4 aromatic rings. The van der Waals surface area contributed by atoms with Crippen LogP contribution in [-0.4, -0.2) is 48.1 Å². The number of hydrogen-bond donors (Lipinski definition) is 0. The molecule has 4 rings (SSSR count). The van der Waals surface area contributed by atoms with Gasteiger partial charge in [0.05, 0.1) is 9.72 Å². The molecule has 6 nitrogen and oxygen atoms in total. The van der Waals surface area contributed by atoms with Gasteiger partial charge in [0.25, 0.3) is 5.91 Å². The first-order valence-corrected chi connectivity index (χ1v) is 11.4. The van der Waals surface area contributed by atoms with E-state index in [2.05, 4.69) is 10.1 Å². The van der Waals surface area contributed by atoms with Crippen LogP contribution >= 0.6 is 22.9 Å². The first-order chi connectivity index (χ1) is 15.8. The van der Waals surface area contributed by atoms with Gasteiger partial charge in [-0.1, -0.05) is 46.3 Å². The second-order valence-corrected chi connectivity index (χ2v) is 9.20. The topological polar surface area (TPSA) is 62.5 Å². The number of aryl methyl sites for hydroxylation is 1. The summed E-state index contributed by atoms with van der Waals surface area (Å²) < 4.78 is 33.7. The van der Waals surface area contributed by atoms with E-state index in [4.69, 9.17) is 16.1 Å². The van der Waals surface area contributed by atoms with E-state index < -0.39 is 17.5 Å². The van der Waals surface area contributed by atoms with E-state index in [0.717, 1.165) is 23.9 Å². The predicted octanol–water partition coefficient (Wildman–Crippen LogP) is 5.79. The molecule has 2 heterocycles. The second-order valence-electron chi connectivity index (χ2n) is 7.79. The van der Waals surface area contributed by atoms with Crippen molar-refractivity contribution in [3.63, 3.8) is 0 Å². The maximum atomic E-state index is 14.3. The summed E-state index contributed by atoms with van der Waals surface area (Å²) in [5.74, 6) is -1.55. The van der Waals surface area contributed by atoms with Gasteiger partial charge in [0, 0.05) is 18.2 Å². The highest BCUT2D eigenvalue weighted by molar-refractivity contribution is 7.22. The molecule has 33 heavy (non-hydrogen) atoms. The molecular formula is C23H21ClF2N4O2S. The molecule has 0 aliphatic rings. The van der Waals surface area contributed by atoms with Crippen LogP contribution in [0.1, 0.15) is 22.5 Å². The van der Waals surface area contributed by atoms with Crippen LogP contribution in [0.2, 0.25) is 5.02 Å². The Morgan fingerprint density at radius 2 is 1.94 bits per heavy atom. The Hall–Kier alpha value is -2.88. The summed E-state index contributed by atoms with van der Waals surface area (Å²) in [4.78, 5) is 21.6. The fourth-order valence-electron chi connectivity index (χ4n) is 3.49. The maximum Gasteiger partial charge on any atom is 0.265 e. The quantitative estimate of drug-likeness (QED) is 0.328. The van der Waals surface area contributed by atoms with Gasteiger partial charge in [-0.2, -0.15) is 0 Å². The molecule has 0 aliphatic heterocycles. The van der Waals surface area contributed by atoms with Crippen LogP contribution in [0.3, 0.4) is 0 Å². The summed E-state index contributed by atoms with van der Waals surface area (Å²) in [6.07, 6.45) is 0.636. The molecule has 0 saturated carbocycles. The lowest BCUT2D eigenvalue weighted by atomic mass is 10.1. The van der Waals surface area contributed by atoms with Gasteiger partial charge in [-0.3, -0.25) is 9.69 Å². The Morgan fingerprint density at radius 1 is 1.18 bits per heavy atom. The van der Waals surface area contributed by atoms with Gasteiger partial charge in [0.15, 0.2) is 10.9 Å². The summed E-state index contributed by atoms with van der Waals surface area (Å²) in [6.45, 7) is 2.68. The third kappa shape index (κ3) is 4.75. The van der Waals surface area contributed by atoms with Crippen molar-refractivity contribution in [1.29, 1.82) is 0 Å². The fourth-order valence-corrected chi connectivity index (χ4v) is 4.74. The van der Waals surface area contributed by atoms with Crippen molar-refractivity contribution in [2.45, 2.75) is 13.3 Å². The zero-order valence-electron chi connectivity index (χ0n) is 18.2. The Bertz CT molecular complexity index is 1320. The monoisotopic (exact) mass is 490 g/mol. The number of thiazole rings is 1. The van der Waals surface area contributed by atoms with Gasteiger partial charge in [0.1, 0.15) is 28.4 Å². The number of benzene rings is 2. The highest BCUT2D eigenvalue weighted by Crippen LogP contribution is 2.35. The van der Waals surface area contributed by atoms with Crippen molar-refractivity contribution in [3.05, 3.63) is 64.4 Å². The van der Waals surface area contributed by atoms with Crippen molar-refractivity contribution in [1.82, 2.24) is 15.0 Å². The van der Waals surface area contributed by atoms with Crippen molar-refractivity contribution >= 4 is 44.2 Å². The maximum absolute atomic E-state index is 14.3. The van der Waals surface area contributed by atoms with E-state index in [-0.39, 0.29) is 16.2 Å². The summed E-state index contributed by atoms with van der Waals surface area (Å²) in [7, 11) is 3.86. The van der Waals surface area contributed by atoms with Gasteiger partial charge in [-0.15, -0.1) is 0 Å². The van der Waals surface area contributed by atoms with Gasteiger partial charge in [-0.05, 0) is 46.1 Å². The highest BCUT2D eigenvalue weighted by atomic mass is 35.5. The molecule has 0 fully saturated rings. The van der Waals surface area contributed by atoms with Gasteiger partial charge in [-0.25, -0.2) is 13.8 Å². The molecule has 0 bridgehead atoms. The molecule has 0 saturated heterocycles. The molecule has 2 aromatic heterocycles. The molecule has 0 spiro atoms. The summed E-state index contributed by atoms with van der Waals surface area (Å²) in [5.41, 5.74) is 1.15. The first-order valence-electron chi connectivity index (χ1n) is 10.2. The average Bonchev–Trinajstić information content (AvgIpc) is 3.34. The minimum Gasteiger partial charge on any atom is -0.360 e. The number of rotatable bonds is 7. The molecule has 10 heteroatoms. The largest absolute Gasteiger partial charge is 0.360 e. The number of amides is 1. The lowest BCUT2D eigenvalue weighted by molar-refractivity contribution is 0.0985. The number of anilines is 1. The Balaban J connectivity index is 1.79. The molecule has 2 aromatic carbocycles. The standard InChI is InChI=1S/C23H21ClF2N4O2S/c1-13-19(20(28-32-13)15-7-4-5-8-16(15)24)22(31)30(10-6-9-29(2)3)23-27-21-17(26)11-14(25)12-18(21)33-23/h4-5,7-8,11-12H,6,9-10H2,1-3H3. The lowest BCUT2D eigenvalue weighted by Crippen LogP contribution is -2.34. The molecule has 0 radical (unpaired) electrons. The second kappa shape index (κ2) is 9.54. The number of aromatic nitrogens is 2. The minimum atomic E-state index is -0.772. The van der Waals surface area contributed by atoms with E-state index in [1.807, 2.05) is 19.0 Å². The Morgan fingerprint density at radius 3 is 2.67 bits per heavy atom. The first kappa shape index (κ1) is 23.3. The zero-order chi connectivity index (χ0) is 23.7. The highest BCUT2D eigenvalue weighted by Gasteiger charge is 2.30. The van der Waals surface area contributed by atoms with Crippen molar-refractivity contribution in [3.8, 4) is 11.3 Å².